The molecule has 0 spiro atoms. The van der Waals surface area contributed by atoms with Crippen LogP contribution in [0, 0.1) is 55.7 Å². The molecule has 0 bridgehead atoms. The normalized spacial score (nSPS) is 20.1. The number of hydrogen-bond donors (Lipinski definition) is 7. The minimum absolute atomic E-state index is 0.0372. The Morgan fingerprint density at radius 2 is 0.843 bits per heavy atom. The first-order valence-corrected chi connectivity index (χ1v) is 42.3. The number of pyridine rings is 3. The lowest BCUT2D eigenvalue weighted by Crippen LogP contribution is -2.43. The fourth-order valence-electron chi connectivity index (χ4n) is 18.3. The highest BCUT2D eigenvalue weighted by Crippen LogP contribution is 2.41. The highest BCUT2D eigenvalue weighted by atomic mass is 19.2. The van der Waals surface area contributed by atoms with Crippen LogP contribution >= 0.6 is 0 Å². The standard InChI is InChI=1S/C90H97F6N23O8/c1-53-82(56-29-59-35-110(21-25-120)43-71(59)97-32-56)106-117(60-15-9-6-10-16-60)85(53)103-89(122)101-74-45-112(48-78(74)115-38-67(93)68(94)39-115)23-27-125-51-80-63-30-57(33-98-72(63)42-109(80)4)83-54(2)86(118(107-83)61-17-11-7-12-18-61)104-90(123)102-75-46-113(49-79(75)116-40-69(95)70(96)41-116)24-28-126-52-81-64-31-58(34-99-76(64)50-127-81)84-55(3)87(119(108-84)62-19-13-8-14-20-62)105-88(121)100-73-44-111(22-26-124-5)47-77(73)114-36-65(91)66(92)37-114/h6-20,29-34,36-41,73-75,77-81,120H,21-28,35,42-52H2,1-5H3,(H2,100,105,121)(H2,101,103,122)(H2,102,104,123)/t73-,74-,75-,77-,78-,79-,80?,81?/m1/s1. The van der Waals surface area contributed by atoms with Crippen LogP contribution < -0.4 is 31.9 Å². The van der Waals surface area contributed by atoms with Gasteiger partial charge in [0.2, 0.25) is 0 Å². The van der Waals surface area contributed by atoms with Crippen molar-refractivity contribution >= 4 is 35.5 Å². The second-order valence-electron chi connectivity index (χ2n) is 33.2. The Labute approximate surface area is 727 Å². The van der Waals surface area contributed by atoms with E-state index in [9.17, 15) is 45.8 Å². The lowest BCUT2D eigenvalue weighted by Gasteiger charge is -2.22. The van der Waals surface area contributed by atoms with Crippen molar-refractivity contribution in [2.45, 2.75) is 95.4 Å². The third-order valence-electron chi connectivity index (χ3n) is 24.9. The maximum atomic E-state index is 15.0. The number of aliphatic hydroxyl groups is 1. The van der Waals surface area contributed by atoms with Gasteiger partial charge in [-0.25, -0.2) is 54.8 Å². The van der Waals surface area contributed by atoms with Gasteiger partial charge in [-0.15, -0.1) is 0 Å². The molecular formula is C90H97F6N23O8. The SMILES string of the molecule is COCCN1C[C@@H](n2cc(F)c(F)c2)[C@H](NC(=O)Nc2c(C)c(-c3cnc4c(c3)C(COCCN3C[C@@H](n5cc(F)c(F)c5)[C@H](NC(=O)Nc5c(C)c(-c6cnc7c(c6)C(COCCN6C[C@@H](n8cc(F)c(F)c8)[C@H](NC(=O)Nc8c(C)c(-c9cnc%10c(c9)CN(CCO)C%10)nn8-c8ccccc8)C6)N(C)C7)nn5-c5ccccc5)C3)OC4)nn2-c2ccccc2)C1. The highest BCUT2D eigenvalue weighted by molar-refractivity contribution is 5.93. The molecule has 7 N–H and O–H groups in total. The number of nitrogens with zero attached hydrogens (tertiary/aromatic N) is 17. The van der Waals surface area contributed by atoms with E-state index in [4.69, 9.17) is 49.2 Å². The number of aromatic nitrogens is 12. The zero-order valence-corrected chi connectivity index (χ0v) is 70.5. The number of halogens is 6. The number of methoxy groups -OCH3 is 1. The molecule has 662 valence electrons. The van der Waals surface area contributed by atoms with Crippen molar-refractivity contribution in [2.75, 3.05) is 135 Å². The van der Waals surface area contributed by atoms with Crippen LogP contribution in [0.25, 0.3) is 50.8 Å². The Morgan fingerprint density at radius 1 is 0.457 bits per heavy atom. The van der Waals surface area contributed by atoms with Crippen LogP contribution in [0.2, 0.25) is 0 Å². The van der Waals surface area contributed by atoms with Gasteiger partial charge in [-0.2, -0.15) is 15.3 Å². The molecule has 15 heterocycles. The van der Waals surface area contributed by atoms with Gasteiger partial charge in [-0.3, -0.25) is 55.4 Å². The molecule has 127 heavy (non-hydrogen) atoms. The molecule has 8 atom stereocenters. The first-order chi connectivity index (χ1) is 61.6. The predicted molar refractivity (Wildman–Crippen MR) is 458 cm³/mol. The van der Waals surface area contributed by atoms with Gasteiger partial charge in [0, 0.05) is 187 Å². The van der Waals surface area contributed by atoms with E-state index < -0.39 is 95.4 Å². The van der Waals surface area contributed by atoms with Crippen molar-refractivity contribution in [3.05, 3.63) is 250 Å². The van der Waals surface area contributed by atoms with Gasteiger partial charge in [-0.05, 0) is 93.5 Å². The molecule has 0 aliphatic carbocycles. The second-order valence-corrected chi connectivity index (χ2v) is 33.2. The number of likely N-dealkylation sites (N-methyl/N-ethyl adjacent to an activating group) is 1. The Kier molecular flexibility index (Phi) is 24.8. The zero-order chi connectivity index (χ0) is 87.8. The Balaban J connectivity index is 0.511. The Hall–Kier alpha value is -12.4. The molecule has 18 rings (SSSR count). The molecule has 3 saturated heterocycles. The number of β-amino-alcohol motifs (C(OH)–C–C–N with tert-alkyl or cyclic N) is 1. The maximum absolute atomic E-state index is 15.0. The predicted octanol–water partition coefficient (Wildman–Crippen LogP) is 11.2. The van der Waals surface area contributed by atoms with E-state index in [1.54, 1.807) is 39.7 Å². The summed E-state index contributed by atoms with van der Waals surface area (Å²) in [5.41, 5.74) is 13.1. The number of ether oxygens (including phenoxy) is 4. The molecule has 6 aliphatic heterocycles. The van der Waals surface area contributed by atoms with Gasteiger partial charge in [0.25, 0.3) is 0 Å². The van der Waals surface area contributed by atoms with E-state index in [0.29, 0.717) is 165 Å². The number of carbonyl (C=O) groups excluding carboxylic acids is 3. The molecule has 31 nitrogen and oxygen atoms in total. The number of hydrogen-bond acceptors (Lipinski definition) is 19. The monoisotopic (exact) mass is 1740 g/mol. The summed E-state index contributed by atoms with van der Waals surface area (Å²) in [6, 6.07) is 28.8. The zero-order valence-electron chi connectivity index (χ0n) is 70.5. The third-order valence-corrected chi connectivity index (χ3v) is 24.9. The number of amides is 6. The van der Waals surface area contributed by atoms with Crippen molar-refractivity contribution in [3.8, 4) is 50.8 Å². The van der Waals surface area contributed by atoms with Crippen molar-refractivity contribution < 1.29 is 64.8 Å². The van der Waals surface area contributed by atoms with Crippen molar-refractivity contribution in [1.29, 1.82) is 0 Å². The average Bonchev–Trinajstić information content (AvgIpc) is 1.61. The quantitative estimate of drug-likeness (QED) is 0.0163. The summed E-state index contributed by atoms with van der Waals surface area (Å²) in [6.07, 6.45) is 11.3. The number of para-hydroxylation sites is 3. The van der Waals surface area contributed by atoms with Crippen LogP contribution in [-0.4, -0.2) is 243 Å². The van der Waals surface area contributed by atoms with E-state index in [2.05, 4.69) is 62.5 Å². The van der Waals surface area contributed by atoms with E-state index in [1.807, 2.05) is 131 Å². The lowest BCUT2D eigenvalue weighted by molar-refractivity contribution is -0.0131. The number of rotatable bonds is 30. The molecule has 0 saturated carbocycles. The number of nitrogens with one attached hydrogen (secondary N) is 6. The van der Waals surface area contributed by atoms with Crippen LogP contribution in [0.1, 0.15) is 80.7 Å². The van der Waals surface area contributed by atoms with Crippen LogP contribution in [0.15, 0.2) is 165 Å². The fourth-order valence-corrected chi connectivity index (χ4v) is 18.3. The van der Waals surface area contributed by atoms with Gasteiger partial charge >= 0.3 is 18.1 Å². The number of carbonyl (C=O) groups is 3. The topological polar surface area (TPSA) is 304 Å². The molecule has 3 aromatic carbocycles. The third kappa shape index (κ3) is 18.0. The minimum atomic E-state index is -1.03. The van der Waals surface area contributed by atoms with Crippen molar-refractivity contribution in [3.63, 3.8) is 0 Å². The number of benzene rings is 3. The number of aliphatic hydroxyl groups excluding tert-OH is 1. The first-order valence-electron chi connectivity index (χ1n) is 42.3. The van der Waals surface area contributed by atoms with Gasteiger partial charge in [0.15, 0.2) is 34.9 Å². The Morgan fingerprint density at radius 3 is 1.26 bits per heavy atom. The number of likely N-dealkylation sites (tertiary alicyclic amines) is 3. The van der Waals surface area contributed by atoms with Gasteiger partial charge in [0.1, 0.15) is 23.6 Å². The lowest BCUT2D eigenvalue weighted by atomic mass is 10.0. The largest absolute Gasteiger partial charge is 0.395 e. The van der Waals surface area contributed by atoms with Crippen molar-refractivity contribution in [1.82, 2.24) is 98.4 Å². The van der Waals surface area contributed by atoms with E-state index >= 15 is 0 Å². The molecule has 6 aliphatic rings. The van der Waals surface area contributed by atoms with E-state index in [-0.39, 0.29) is 52.2 Å². The smallest absolute Gasteiger partial charge is 0.320 e. The van der Waals surface area contributed by atoms with E-state index in [1.165, 1.54) is 13.7 Å². The molecule has 37 heteroatoms. The van der Waals surface area contributed by atoms with E-state index in [0.717, 1.165) is 76.5 Å². The van der Waals surface area contributed by atoms with Gasteiger partial charge < -0.3 is 53.7 Å². The maximum Gasteiger partial charge on any atom is 0.320 e. The molecule has 0 radical (unpaired) electrons. The fraction of sp³-hybridized carbons (Fsp3) is 0.367. The minimum Gasteiger partial charge on any atom is -0.395 e. The Bertz CT molecular complexity index is 5950. The first kappa shape index (κ1) is 85.4. The van der Waals surface area contributed by atoms with Crippen LogP contribution in [0.5, 0.6) is 0 Å². The van der Waals surface area contributed by atoms with Crippen LogP contribution in [0.3, 0.4) is 0 Å². The summed E-state index contributed by atoms with van der Waals surface area (Å²) in [5.74, 6) is -4.86. The number of fused-ring (bicyclic) bond motifs is 3. The summed E-state index contributed by atoms with van der Waals surface area (Å²) >= 11 is 0. The molecule has 9 aromatic heterocycles. The van der Waals surface area contributed by atoms with Crippen LogP contribution in [-0.2, 0) is 45.2 Å². The molecule has 2 unspecified atom stereocenters. The van der Waals surface area contributed by atoms with Crippen LogP contribution in [0.4, 0.5) is 58.2 Å². The van der Waals surface area contributed by atoms with Crippen molar-refractivity contribution in [2.24, 2.45) is 0 Å². The summed E-state index contributed by atoms with van der Waals surface area (Å²) in [4.78, 5) is 68.3. The molecule has 12 aromatic rings. The summed E-state index contributed by atoms with van der Waals surface area (Å²) in [5, 5.41) is 43.4. The molecular weight excluding hydrogens is 1650 g/mol. The van der Waals surface area contributed by atoms with Gasteiger partial charge in [-0.1, -0.05) is 54.6 Å². The summed E-state index contributed by atoms with van der Waals surface area (Å²) in [6.45, 7) is 12.9. The average molecular weight is 1740 g/mol. The number of urea groups is 3. The molecule has 3 fully saturated rings. The second kappa shape index (κ2) is 36.9. The summed E-state index contributed by atoms with van der Waals surface area (Å²) < 4.78 is 122. The summed E-state index contributed by atoms with van der Waals surface area (Å²) in [7, 11) is 3.59. The molecule has 6 amide bonds. The number of anilines is 3. The van der Waals surface area contributed by atoms with Gasteiger partial charge in [0.05, 0.1) is 140 Å². The highest BCUT2D eigenvalue weighted by Gasteiger charge is 2.41.